The molecule has 1 aromatic rings. The van der Waals surface area contributed by atoms with Crippen molar-refractivity contribution >= 4 is 42.1 Å². The van der Waals surface area contributed by atoms with Crippen molar-refractivity contribution in [2.45, 2.75) is 63.8 Å². The van der Waals surface area contributed by atoms with Gasteiger partial charge in [-0.15, -0.1) is 24.8 Å². The van der Waals surface area contributed by atoms with E-state index < -0.39 is 18.2 Å². The summed E-state index contributed by atoms with van der Waals surface area (Å²) in [5.74, 6) is -1.45. The first-order chi connectivity index (χ1) is 11.3. The maximum atomic E-state index is 14.3. The molecule has 0 unspecified atom stereocenters. The Morgan fingerprint density at radius 2 is 1.88 bits per heavy atom. The summed E-state index contributed by atoms with van der Waals surface area (Å²) in [7, 11) is 0. The summed E-state index contributed by atoms with van der Waals surface area (Å²) in [4.78, 5) is 2.15. The van der Waals surface area contributed by atoms with Gasteiger partial charge in [-0.25, -0.2) is 4.39 Å². The Morgan fingerprint density at radius 1 is 1.23 bits per heavy atom. The van der Waals surface area contributed by atoms with Gasteiger partial charge in [0.05, 0.1) is 5.02 Å². The first-order valence-corrected chi connectivity index (χ1v) is 8.63. The Hall–Kier alpha value is -0.560. The van der Waals surface area contributed by atoms with Crippen molar-refractivity contribution in [2.24, 2.45) is 0 Å². The van der Waals surface area contributed by atoms with Crippen LogP contribution in [-0.4, -0.2) is 30.8 Å². The molecule has 150 valence electrons. The second-order valence-electron chi connectivity index (χ2n) is 7.23. The first-order valence-electron chi connectivity index (χ1n) is 8.25. The average Bonchev–Trinajstić information content (AvgIpc) is 2.48. The van der Waals surface area contributed by atoms with Crippen molar-refractivity contribution in [2.75, 3.05) is 11.4 Å². The van der Waals surface area contributed by atoms with Crippen LogP contribution in [0.1, 0.15) is 39.5 Å². The molecule has 0 radical (unpaired) electrons. The molecule has 0 amide bonds. The maximum Gasteiger partial charge on any atom is 0.387 e. The molecule has 1 heterocycles. The summed E-state index contributed by atoms with van der Waals surface area (Å²) < 4.78 is 43.2. The van der Waals surface area contributed by atoms with Gasteiger partial charge in [0.2, 0.25) is 0 Å². The molecule has 1 aliphatic carbocycles. The highest BCUT2D eigenvalue weighted by atomic mass is 35.5. The number of rotatable bonds is 3. The fourth-order valence-electron chi connectivity index (χ4n) is 3.94. The topological polar surface area (TPSA) is 24.5 Å². The monoisotopic (exact) mass is 434 g/mol. The molecular weight excluding hydrogens is 412 g/mol. The number of fused-ring (bicyclic) bond motifs is 1. The van der Waals surface area contributed by atoms with Gasteiger partial charge in [-0.2, -0.15) is 8.78 Å². The van der Waals surface area contributed by atoms with Gasteiger partial charge < -0.3 is 15.0 Å². The van der Waals surface area contributed by atoms with Crippen LogP contribution in [0.25, 0.3) is 0 Å². The van der Waals surface area contributed by atoms with Crippen LogP contribution in [0, 0.1) is 5.82 Å². The van der Waals surface area contributed by atoms with Gasteiger partial charge in [0.1, 0.15) is 0 Å². The smallest absolute Gasteiger partial charge is 0.387 e. The lowest BCUT2D eigenvalue weighted by molar-refractivity contribution is -0.0521. The highest BCUT2D eigenvalue weighted by molar-refractivity contribution is 6.32. The number of piperazine rings is 1. The van der Waals surface area contributed by atoms with E-state index in [1.54, 1.807) is 0 Å². The molecule has 1 aliphatic heterocycles. The van der Waals surface area contributed by atoms with Crippen LogP contribution < -0.4 is 15.0 Å². The molecule has 1 N–H and O–H groups in total. The van der Waals surface area contributed by atoms with Crippen LogP contribution in [0.3, 0.4) is 0 Å². The average molecular weight is 436 g/mol. The molecule has 0 spiro atoms. The van der Waals surface area contributed by atoms with Crippen molar-refractivity contribution in [3.05, 3.63) is 23.0 Å². The Kier molecular flexibility index (Phi) is 8.21. The highest BCUT2D eigenvalue weighted by Gasteiger charge is 2.40. The largest absolute Gasteiger partial charge is 0.430 e. The summed E-state index contributed by atoms with van der Waals surface area (Å²) in [5.41, 5.74) is 0.491. The van der Waals surface area contributed by atoms with Crippen LogP contribution in [0.4, 0.5) is 18.9 Å². The lowest BCUT2D eigenvalue weighted by Gasteiger charge is -2.52. The van der Waals surface area contributed by atoms with Crippen LogP contribution in [-0.2, 0) is 0 Å². The van der Waals surface area contributed by atoms with E-state index in [1.165, 1.54) is 18.6 Å². The minimum absolute atomic E-state index is 0. The van der Waals surface area contributed by atoms with Crippen molar-refractivity contribution < 1.29 is 17.9 Å². The van der Waals surface area contributed by atoms with E-state index in [0.717, 1.165) is 19.3 Å². The SMILES string of the molecule is CC1(C)CN(c2cc(F)c(OC(F)F)c(Cl)c2)[C@H]2CCCC[C@@H]2N1.Cl.Cl. The lowest BCUT2D eigenvalue weighted by atomic mass is 9.83. The Labute approximate surface area is 169 Å². The molecule has 0 bridgehead atoms. The highest BCUT2D eigenvalue weighted by Crippen LogP contribution is 2.38. The second kappa shape index (κ2) is 9.09. The van der Waals surface area contributed by atoms with Crippen LogP contribution >= 0.6 is 36.4 Å². The number of benzene rings is 1. The van der Waals surface area contributed by atoms with Gasteiger partial charge >= 0.3 is 6.61 Å². The minimum atomic E-state index is -3.11. The molecule has 2 atom stereocenters. The van der Waals surface area contributed by atoms with Gasteiger partial charge in [0, 0.05) is 35.9 Å². The number of alkyl halides is 2. The van der Waals surface area contributed by atoms with Gasteiger partial charge in [0.15, 0.2) is 11.6 Å². The summed E-state index contributed by atoms with van der Waals surface area (Å²) in [5, 5.41) is 3.54. The maximum absolute atomic E-state index is 14.3. The number of anilines is 1. The van der Waals surface area contributed by atoms with E-state index >= 15 is 0 Å². The summed E-state index contributed by atoms with van der Waals surface area (Å²) in [6, 6.07) is 3.36. The summed E-state index contributed by atoms with van der Waals surface area (Å²) in [6.07, 6.45) is 4.40. The van der Waals surface area contributed by atoms with E-state index in [2.05, 4.69) is 28.8 Å². The van der Waals surface area contributed by atoms with Gasteiger partial charge in [-0.3, -0.25) is 0 Å². The van der Waals surface area contributed by atoms with E-state index in [1.807, 2.05) is 0 Å². The molecule has 2 aliphatic rings. The predicted molar refractivity (Wildman–Crippen MR) is 103 cm³/mol. The molecule has 9 heteroatoms. The quantitative estimate of drug-likeness (QED) is 0.686. The fraction of sp³-hybridized carbons (Fsp3) is 0.647. The molecule has 1 saturated heterocycles. The molecular formula is C17H24Cl3F3N2O. The molecule has 0 aromatic heterocycles. The van der Waals surface area contributed by atoms with Crippen molar-refractivity contribution in [1.29, 1.82) is 0 Å². The molecule has 3 nitrogen and oxygen atoms in total. The zero-order valence-electron chi connectivity index (χ0n) is 14.6. The fourth-order valence-corrected chi connectivity index (χ4v) is 4.19. The molecule has 1 saturated carbocycles. The Balaban J connectivity index is 0.00000169. The second-order valence-corrected chi connectivity index (χ2v) is 7.64. The number of nitrogens with one attached hydrogen (secondary N) is 1. The molecule has 26 heavy (non-hydrogen) atoms. The van der Waals surface area contributed by atoms with Crippen LogP contribution in [0.5, 0.6) is 5.75 Å². The summed E-state index contributed by atoms with van der Waals surface area (Å²) >= 11 is 6.00. The normalized spacial score (nSPS) is 24.3. The number of hydrogen-bond donors (Lipinski definition) is 1. The standard InChI is InChI=1S/C17H22ClF3N2O.2ClH/c1-17(2)9-23(14-6-4-3-5-13(14)22-17)10-7-11(18)15(12(19)8-10)24-16(20)21;;/h7-8,13-14,16,22H,3-6,9H2,1-2H3;2*1H/t13-,14-;;/m0../s1. The number of ether oxygens (including phenoxy) is 1. The van der Waals surface area contributed by atoms with E-state index in [4.69, 9.17) is 11.6 Å². The van der Waals surface area contributed by atoms with Gasteiger partial charge in [-0.1, -0.05) is 24.4 Å². The van der Waals surface area contributed by atoms with Gasteiger partial charge in [-0.05, 0) is 32.8 Å². The van der Waals surface area contributed by atoms with Crippen LogP contribution in [0.15, 0.2) is 12.1 Å². The zero-order valence-corrected chi connectivity index (χ0v) is 17.0. The van der Waals surface area contributed by atoms with Crippen molar-refractivity contribution in [3.63, 3.8) is 0 Å². The third-order valence-corrected chi connectivity index (χ3v) is 5.07. The third-order valence-electron chi connectivity index (χ3n) is 4.79. The molecule has 2 fully saturated rings. The lowest BCUT2D eigenvalue weighted by Crippen LogP contribution is -2.67. The number of halogens is 6. The van der Waals surface area contributed by atoms with Crippen molar-refractivity contribution in [3.8, 4) is 5.75 Å². The molecule has 3 rings (SSSR count). The predicted octanol–water partition coefficient (Wildman–Crippen LogP) is 5.42. The van der Waals surface area contributed by atoms with E-state index in [9.17, 15) is 13.2 Å². The Bertz CT molecular complexity index is 596. The first kappa shape index (κ1) is 23.5. The van der Waals surface area contributed by atoms with E-state index in [0.29, 0.717) is 18.3 Å². The summed E-state index contributed by atoms with van der Waals surface area (Å²) in [6.45, 7) is 1.80. The van der Waals surface area contributed by atoms with E-state index in [-0.39, 0.29) is 41.4 Å². The van der Waals surface area contributed by atoms with Crippen LogP contribution in [0.2, 0.25) is 5.02 Å². The van der Waals surface area contributed by atoms with Crippen molar-refractivity contribution in [1.82, 2.24) is 5.32 Å². The molecule has 1 aromatic carbocycles. The number of nitrogens with zero attached hydrogens (tertiary/aromatic N) is 1. The Morgan fingerprint density at radius 3 is 2.50 bits per heavy atom. The zero-order chi connectivity index (χ0) is 17.5. The number of hydrogen-bond acceptors (Lipinski definition) is 3. The van der Waals surface area contributed by atoms with Gasteiger partial charge in [0.25, 0.3) is 0 Å². The third kappa shape index (κ3) is 5.03. The minimum Gasteiger partial charge on any atom is -0.430 e.